The van der Waals surface area contributed by atoms with Gasteiger partial charge in [0.25, 0.3) is 5.56 Å². The van der Waals surface area contributed by atoms with Crippen LogP contribution in [0.4, 0.5) is 11.6 Å². The summed E-state index contributed by atoms with van der Waals surface area (Å²) in [6.45, 7) is 2.63. The lowest BCUT2D eigenvalue weighted by Gasteiger charge is -2.14. The highest BCUT2D eigenvalue weighted by atomic mass is 32.2. The highest BCUT2D eigenvalue weighted by Gasteiger charge is 2.13. The van der Waals surface area contributed by atoms with Crippen molar-refractivity contribution in [1.29, 1.82) is 0 Å². The molecule has 0 radical (unpaired) electrons. The van der Waals surface area contributed by atoms with E-state index in [9.17, 15) is 9.59 Å². The van der Waals surface area contributed by atoms with E-state index in [1.54, 1.807) is 12.3 Å². The zero-order chi connectivity index (χ0) is 22.2. The number of aromatic nitrogens is 3. The molecular weight excluding hydrogens is 412 g/mol. The van der Waals surface area contributed by atoms with Crippen LogP contribution < -0.4 is 21.9 Å². The van der Waals surface area contributed by atoms with Crippen molar-refractivity contribution in [3.63, 3.8) is 0 Å². The topological polar surface area (TPSA) is 115 Å². The molecule has 9 heteroatoms. The third-order valence-corrected chi connectivity index (χ3v) is 5.51. The Bertz CT molecular complexity index is 1100. The van der Waals surface area contributed by atoms with Crippen LogP contribution in [-0.2, 0) is 24.3 Å². The molecule has 8 nitrogen and oxygen atoms in total. The minimum absolute atomic E-state index is 0.0909. The van der Waals surface area contributed by atoms with Crippen LogP contribution in [0.25, 0.3) is 0 Å². The minimum atomic E-state index is -0.319. The predicted molar refractivity (Wildman–Crippen MR) is 124 cm³/mol. The van der Waals surface area contributed by atoms with Crippen molar-refractivity contribution in [3.8, 4) is 0 Å². The summed E-state index contributed by atoms with van der Waals surface area (Å²) < 4.78 is 1.44. The third kappa shape index (κ3) is 6.08. The maximum absolute atomic E-state index is 12.9. The molecule has 3 rings (SSSR count). The van der Waals surface area contributed by atoms with Gasteiger partial charge in [-0.1, -0.05) is 36.4 Å². The number of hydrogen-bond acceptors (Lipinski definition) is 7. The molecule has 31 heavy (non-hydrogen) atoms. The number of anilines is 2. The van der Waals surface area contributed by atoms with Gasteiger partial charge in [0.2, 0.25) is 5.91 Å². The van der Waals surface area contributed by atoms with Crippen molar-refractivity contribution in [1.82, 2.24) is 19.9 Å². The van der Waals surface area contributed by atoms with Gasteiger partial charge < -0.3 is 16.4 Å². The van der Waals surface area contributed by atoms with Crippen LogP contribution in [0, 0.1) is 6.92 Å². The maximum atomic E-state index is 12.9. The fraction of sp³-hybridized carbons (Fsp3) is 0.273. The Labute approximate surface area is 185 Å². The summed E-state index contributed by atoms with van der Waals surface area (Å²) in [5.74, 6) is 0.406. The van der Waals surface area contributed by atoms with Gasteiger partial charge in [-0.15, -0.1) is 11.8 Å². The van der Waals surface area contributed by atoms with Gasteiger partial charge in [-0.2, -0.15) is 0 Å². The number of thioether (sulfide) groups is 1. The summed E-state index contributed by atoms with van der Waals surface area (Å²) in [6, 6.07) is 13.5. The van der Waals surface area contributed by atoms with E-state index >= 15 is 0 Å². The molecule has 2 aromatic heterocycles. The Kier molecular flexibility index (Phi) is 7.66. The summed E-state index contributed by atoms with van der Waals surface area (Å²) in [7, 11) is 0. The molecule has 4 N–H and O–H groups in total. The largest absolute Gasteiger partial charge is 0.384 e. The molecule has 0 bridgehead atoms. The van der Waals surface area contributed by atoms with Gasteiger partial charge in [0.15, 0.2) is 5.82 Å². The molecule has 1 aromatic carbocycles. The zero-order valence-corrected chi connectivity index (χ0v) is 18.4. The summed E-state index contributed by atoms with van der Waals surface area (Å²) in [5, 5.41) is 6.56. The molecule has 0 spiro atoms. The number of amides is 1. The van der Waals surface area contributed by atoms with E-state index in [0.29, 0.717) is 23.9 Å². The van der Waals surface area contributed by atoms with Crippen molar-refractivity contribution in [2.45, 2.75) is 31.5 Å². The Hall–Kier alpha value is -3.33. The Morgan fingerprint density at radius 1 is 1.19 bits per heavy atom. The Morgan fingerprint density at radius 2 is 1.97 bits per heavy atom. The second-order valence-electron chi connectivity index (χ2n) is 6.96. The number of aryl methyl sites for hydroxylation is 1. The molecule has 162 valence electrons. The van der Waals surface area contributed by atoms with Crippen LogP contribution in [-0.4, -0.2) is 33.2 Å². The SMILES string of the molecule is CSc1cnc(NCCc2ccccc2)c(=O)n1CC(=O)NCc1ccc(N)nc1C. The number of nitrogen functional groups attached to an aromatic ring is 1. The molecule has 1 amide bonds. The molecule has 3 aromatic rings. The molecule has 0 aliphatic rings. The molecule has 0 atom stereocenters. The molecular formula is C22H26N6O2S. The first-order valence-corrected chi connectivity index (χ1v) is 11.1. The van der Waals surface area contributed by atoms with E-state index in [1.165, 1.54) is 21.9 Å². The molecule has 0 saturated heterocycles. The average molecular weight is 439 g/mol. The van der Waals surface area contributed by atoms with Crippen molar-refractivity contribution in [2.75, 3.05) is 23.9 Å². The quantitative estimate of drug-likeness (QED) is 0.439. The van der Waals surface area contributed by atoms with Gasteiger partial charge in [-0.3, -0.25) is 14.2 Å². The molecule has 0 aliphatic heterocycles. The molecule has 0 saturated carbocycles. The summed E-state index contributed by atoms with van der Waals surface area (Å²) >= 11 is 1.37. The second kappa shape index (κ2) is 10.6. The highest BCUT2D eigenvalue weighted by molar-refractivity contribution is 7.98. The minimum Gasteiger partial charge on any atom is -0.384 e. The zero-order valence-electron chi connectivity index (χ0n) is 17.6. The number of nitrogens with two attached hydrogens (primary N) is 1. The molecule has 0 fully saturated rings. The van der Waals surface area contributed by atoms with Crippen LogP contribution in [0.15, 0.2) is 58.5 Å². The lowest BCUT2D eigenvalue weighted by molar-refractivity contribution is -0.122. The van der Waals surface area contributed by atoms with Gasteiger partial charge in [-0.05, 0) is 36.8 Å². The second-order valence-corrected chi connectivity index (χ2v) is 7.79. The van der Waals surface area contributed by atoms with Gasteiger partial charge in [0, 0.05) is 18.8 Å². The number of carbonyl (C=O) groups excluding carboxylic acids is 1. The van der Waals surface area contributed by atoms with Crippen LogP contribution in [0.5, 0.6) is 0 Å². The van der Waals surface area contributed by atoms with E-state index in [4.69, 9.17) is 5.73 Å². The average Bonchev–Trinajstić information content (AvgIpc) is 2.76. The van der Waals surface area contributed by atoms with E-state index in [2.05, 4.69) is 20.6 Å². The molecule has 0 aliphatic carbocycles. The van der Waals surface area contributed by atoms with Crippen LogP contribution in [0.2, 0.25) is 0 Å². The number of carbonyl (C=O) groups is 1. The van der Waals surface area contributed by atoms with Gasteiger partial charge in [0.05, 0.1) is 11.2 Å². The van der Waals surface area contributed by atoms with Gasteiger partial charge in [-0.25, -0.2) is 9.97 Å². The van der Waals surface area contributed by atoms with Crippen molar-refractivity contribution in [3.05, 3.63) is 75.8 Å². The number of pyridine rings is 1. The summed E-state index contributed by atoms with van der Waals surface area (Å²) in [5.41, 5.74) is 8.15. The molecule has 0 unspecified atom stereocenters. The van der Waals surface area contributed by atoms with Gasteiger partial charge in [0.1, 0.15) is 12.4 Å². The Morgan fingerprint density at radius 3 is 2.68 bits per heavy atom. The fourth-order valence-corrected chi connectivity index (χ4v) is 3.59. The van der Waals surface area contributed by atoms with Gasteiger partial charge >= 0.3 is 0 Å². The Balaban J connectivity index is 1.65. The highest BCUT2D eigenvalue weighted by Crippen LogP contribution is 2.13. The van der Waals surface area contributed by atoms with Crippen molar-refractivity contribution >= 4 is 29.3 Å². The van der Waals surface area contributed by atoms with E-state index < -0.39 is 0 Å². The predicted octanol–water partition coefficient (Wildman–Crippen LogP) is 2.22. The number of rotatable bonds is 9. The monoisotopic (exact) mass is 438 g/mol. The fourth-order valence-electron chi connectivity index (χ4n) is 3.07. The van der Waals surface area contributed by atoms with E-state index in [1.807, 2.05) is 49.6 Å². The lowest BCUT2D eigenvalue weighted by atomic mass is 10.1. The lowest BCUT2D eigenvalue weighted by Crippen LogP contribution is -2.34. The summed E-state index contributed by atoms with van der Waals surface area (Å²) in [4.78, 5) is 33.9. The first kappa shape index (κ1) is 22.4. The number of benzene rings is 1. The van der Waals surface area contributed by atoms with Crippen LogP contribution >= 0.6 is 11.8 Å². The van der Waals surface area contributed by atoms with E-state index in [0.717, 1.165) is 17.7 Å². The number of hydrogen-bond donors (Lipinski definition) is 3. The van der Waals surface area contributed by atoms with Crippen LogP contribution in [0.1, 0.15) is 16.8 Å². The van der Waals surface area contributed by atoms with Crippen molar-refractivity contribution < 1.29 is 4.79 Å². The van der Waals surface area contributed by atoms with Crippen LogP contribution in [0.3, 0.4) is 0 Å². The van der Waals surface area contributed by atoms with E-state index in [-0.39, 0.29) is 23.8 Å². The number of nitrogens with one attached hydrogen (secondary N) is 2. The molecule has 2 heterocycles. The third-order valence-electron chi connectivity index (χ3n) is 4.77. The smallest absolute Gasteiger partial charge is 0.294 e. The van der Waals surface area contributed by atoms with Crippen molar-refractivity contribution in [2.24, 2.45) is 0 Å². The number of nitrogens with zero attached hydrogens (tertiary/aromatic N) is 3. The first-order valence-electron chi connectivity index (χ1n) is 9.88. The first-order chi connectivity index (χ1) is 15.0. The maximum Gasteiger partial charge on any atom is 0.294 e. The summed E-state index contributed by atoms with van der Waals surface area (Å²) in [6.07, 6.45) is 4.22. The normalized spacial score (nSPS) is 10.6. The standard InChI is InChI=1S/C22H26N6O2S/c1-15-17(8-9-18(23)27-15)12-25-19(29)14-28-20(31-2)13-26-21(22(28)30)24-11-10-16-6-4-3-5-7-16/h3-9,13H,10-12,14H2,1-2H3,(H2,23,27)(H,24,26)(H,25,29).